The molecule has 0 aliphatic heterocycles. The van der Waals surface area contributed by atoms with Crippen LogP contribution in [0.2, 0.25) is 0 Å². The summed E-state index contributed by atoms with van der Waals surface area (Å²) in [6, 6.07) is 0.718. The number of aryl methyl sites for hydroxylation is 1. The van der Waals surface area contributed by atoms with Crippen molar-refractivity contribution < 1.29 is 0 Å². The van der Waals surface area contributed by atoms with E-state index in [4.69, 9.17) is 0 Å². The first-order valence-electron chi connectivity index (χ1n) is 6.88. The average Bonchev–Trinajstić information content (AvgIpc) is 2.68. The third kappa shape index (κ3) is 3.32. The Morgan fingerprint density at radius 2 is 2.24 bits per heavy atom. The van der Waals surface area contributed by atoms with Crippen molar-refractivity contribution in [1.82, 2.24) is 14.9 Å². The van der Waals surface area contributed by atoms with Crippen LogP contribution in [0.1, 0.15) is 38.9 Å². The second kappa shape index (κ2) is 5.67. The summed E-state index contributed by atoms with van der Waals surface area (Å²) in [6.45, 7) is 8.91. The zero-order valence-electron chi connectivity index (χ0n) is 11.3. The minimum atomic E-state index is 0.718. The summed E-state index contributed by atoms with van der Waals surface area (Å²) >= 11 is 0. The number of rotatable bonds is 4. The molecule has 17 heavy (non-hydrogen) atoms. The Balaban J connectivity index is 1.73. The summed E-state index contributed by atoms with van der Waals surface area (Å²) in [4.78, 5) is 4.24. The minimum Gasteiger partial charge on any atom is -0.334 e. The molecule has 1 aromatic heterocycles. The molecule has 1 saturated carbocycles. The smallest absolute Gasteiger partial charge is 0.105 e. The van der Waals surface area contributed by atoms with Gasteiger partial charge in [-0.15, -0.1) is 0 Å². The molecular weight excluding hydrogens is 210 g/mol. The van der Waals surface area contributed by atoms with E-state index in [0.717, 1.165) is 36.8 Å². The van der Waals surface area contributed by atoms with Gasteiger partial charge in [-0.3, -0.25) is 0 Å². The molecular formula is C14H25N3. The highest BCUT2D eigenvalue weighted by Gasteiger charge is 2.24. The zero-order chi connectivity index (χ0) is 12.3. The molecule has 1 fully saturated rings. The lowest BCUT2D eigenvalue weighted by Gasteiger charge is -2.33. The largest absolute Gasteiger partial charge is 0.334 e. The number of aromatic nitrogens is 2. The van der Waals surface area contributed by atoms with Gasteiger partial charge in [-0.25, -0.2) is 4.98 Å². The van der Waals surface area contributed by atoms with Crippen LogP contribution in [-0.4, -0.2) is 22.1 Å². The third-order valence-electron chi connectivity index (χ3n) is 4.11. The number of imidazole rings is 1. The van der Waals surface area contributed by atoms with Crippen LogP contribution < -0.4 is 5.32 Å². The fourth-order valence-electron chi connectivity index (χ4n) is 2.98. The van der Waals surface area contributed by atoms with Crippen LogP contribution in [0, 0.1) is 18.8 Å². The Kier molecular flexibility index (Phi) is 4.21. The molecule has 3 unspecified atom stereocenters. The molecule has 2 rings (SSSR count). The van der Waals surface area contributed by atoms with Gasteiger partial charge in [0.15, 0.2) is 0 Å². The molecule has 0 radical (unpaired) electrons. The Hall–Kier alpha value is -0.830. The van der Waals surface area contributed by atoms with Gasteiger partial charge in [-0.2, -0.15) is 0 Å². The number of nitrogens with one attached hydrogen (secondary N) is 1. The maximum atomic E-state index is 4.24. The quantitative estimate of drug-likeness (QED) is 0.869. The minimum absolute atomic E-state index is 0.718. The molecule has 0 spiro atoms. The van der Waals surface area contributed by atoms with Crippen molar-refractivity contribution in [2.45, 2.75) is 52.6 Å². The molecule has 1 aliphatic rings. The molecule has 0 amide bonds. The molecule has 3 nitrogen and oxygen atoms in total. The lowest BCUT2D eigenvalue weighted by molar-refractivity contribution is 0.227. The van der Waals surface area contributed by atoms with Crippen LogP contribution in [0.5, 0.6) is 0 Å². The van der Waals surface area contributed by atoms with Crippen LogP contribution in [0.25, 0.3) is 0 Å². The summed E-state index contributed by atoms with van der Waals surface area (Å²) in [5.74, 6) is 2.85. The van der Waals surface area contributed by atoms with Gasteiger partial charge in [0, 0.05) is 31.5 Å². The van der Waals surface area contributed by atoms with Crippen molar-refractivity contribution in [3.05, 3.63) is 18.2 Å². The molecule has 1 aliphatic carbocycles. The Labute approximate surface area is 105 Å². The van der Waals surface area contributed by atoms with Gasteiger partial charge in [-0.1, -0.05) is 13.8 Å². The molecule has 1 N–H and O–H groups in total. The molecule has 0 bridgehead atoms. The Morgan fingerprint density at radius 1 is 1.41 bits per heavy atom. The van der Waals surface area contributed by atoms with E-state index < -0.39 is 0 Å². The van der Waals surface area contributed by atoms with Crippen molar-refractivity contribution >= 4 is 0 Å². The summed E-state index contributed by atoms with van der Waals surface area (Å²) in [5.41, 5.74) is 0. The second-order valence-electron chi connectivity index (χ2n) is 5.62. The molecule has 96 valence electrons. The normalized spacial score (nSPS) is 29.5. The van der Waals surface area contributed by atoms with Gasteiger partial charge in [0.1, 0.15) is 5.82 Å². The van der Waals surface area contributed by atoms with Crippen LogP contribution in [0.4, 0.5) is 0 Å². The highest BCUT2D eigenvalue weighted by atomic mass is 15.1. The highest BCUT2D eigenvalue weighted by Crippen LogP contribution is 2.28. The first-order chi connectivity index (χ1) is 8.16. The zero-order valence-corrected chi connectivity index (χ0v) is 11.3. The lowest BCUT2D eigenvalue weighted by atomic mass is 9.80. The second-order valence-corrected chi connectivity index (χ2v) is 5.62. The fourth-order valence-corrected chi connectivity index (χ4v) is 2.98. The fraction of sp³-hybridized carbons (Fsp3) is 0.786. The van der Waals surface area contributed by atoms with E-state index in [-0.39, 0.29) is 0 Å². The van der Waals surface area contributed by atoms with E-state index >= 15 is 0 Å². The number of hydrogen-bond donors (Lipinski definition) is 1. The van der Waals surface area contributed by atoms with Crippen LogP contribution in [0.15, 0.2) is 12.4 Å². The van der Waals surface area contributed by atoms with Crippen molar-refractivity contribution in [3.8, 4) is 0 Å². The van der Waals surface area contributed by atoms with Crippen LogP contribution in [-0.2, 0) is 6.54 Å². The third-order valence-corrected chi connectivity index (χ3v) is 4.11. The van der Waals surface area contributed by atoms with Crippen LogP contribution in [0.3, 0.4) is 0 Å². The number of nitrogens with zero attached hydrogens (tertiary/aromatic N) is 2. The van der Waals surface area contributed by atoms with Crippen molar-refractivity contribution in [1.29, 1.82) is 0 Å². The Bertz CT molecular complexity index is 345. The monoisotopic (exact) mass is 235 g/mol. The van der Waals surface area contributed by atoms with Gasteiger partial charge in [0.25, 0.3) is 0 Å². The molecule has 1 heterocycles. The molecule has 3 atom stereocenters. The van der Waals surface area contributed by atoms with E-state index in [1.165, 1.54) is 19.3 Å². The van der Waals surface area contributed by atoms with Crippen LogP contribution >= 0.6 is 0 Å². The van der Waals surface area contributed by atoms with E-state index in [9.17, 15) is 0 Å². The Morgan fingerprint density at radius 3 is 2.88 bits per heavy atom. The molecule has 0 saturated heterocycles. The summed E-state index contributed by atoms with van der Waals surface area (Å²) in [5, 5.41) is 3.71. The van der Waals surface area contributed by atoms with Gasteiger partial charge in [0.2, 0.25) is 0 Å². The van der Waals surface area contributed by atoms with Crippen molar-refractivity contribution in [3.63, 3.8) is 0 Å². The summed E-state index contributed by atoms with van der Waals surface area (Å²) < 4.78 is 2.21. The first-order valence-corrected chi connectivity index (χ1v) is 6.88. The summed E-state index contributed by atoms with van der Waals surface area (Å²) in [6.07, 6.45) is 8.03. The SMILES string of the molecule is Cc1nccn1CCNC1CCC(C)CC1C. The van der Waals surface area contributed by atoms with Gasteiger partial charge in [0.05, 0.1) is 0 Å². The molecule has 1 aromatic rings. The van der Waals surface area contributed by atoms with E-state index in [0.29, 0.717) is 0 Å². The van der Waals surface area contributed by atoms with Gasteiger partial charge < -0.3 is 9.88 Å². The van der Waals surface area contributed by atoms with Crippen molar-refractivity contribution in [2.24, 2.45) is 11.8 Å². The maximum absolute atomic E-state index is 4.24. The van der Waals surface area contributed by atoms with Gasteiger partial charge >= 0.3 is 0 Å². The first kappa shape index (κ1) is 12.6. The standard InChI is InChI=1S/C14H25N3/c1-11-4-5-14(12(2)10-11)16-7-9-17-8-6-15-13(17)3/h6,8,11-12,14,16H,4-5,7,9-10H2,1-3H3. The molecule has 0 aromatic carbocycles. The number of hydrogen-bond acceptors (Lipinski definition) is 2. The van der Waals surface area contributed by atoms with Crippen molar-refractivity contribution in [2.75, 3.05) is 6.54 Å². The predicted molar refractivity (Wildman–Crippen MR) is 70.9 cm³/mol. The van der Waals surface area contributed by atoms with E-state index in [1.807, 2.05) is 6.20 Å². The summed E-state index contributed by atoms with van der Waals surface area (Å²) in [7, 11) is 0. The lowest BCUT2D eigenvalue weighted by Crippen LogP contribution is -2.40. The molecule has 3 heteroatoms. The highest BCUT2D eigenvalue weighted by molar-refractivity contribution is 4.89. The van der Waals surface area contributed by atoms with E-state index in [2.05, 4.69) is 41.8 Å². The maximum Gasteiger partial charge on any atom is 0.105 e. The van der Waals surface area contributed by atoms with Gasteiger partial charge in [-0.05, 0) is 38.0 Å². The van der Waals surface area contributed by atoms with E-state index in [1.54, 1.807) is 0 Å². The topological polar surface area (TPSA) is 29.9 Å². The average molecular weight is 235 g/mol. The predicted octanol–water partition coefficient (Wildman–Crippen LogP) is 2.61.